The fourth-order valence-electron chi connectivity index (χ4n) is 9.54. The summed E-state index contributed by atoms with van der Waals surface area (Å²) in [5.74, 6) is 2.74. The molecular weight excluding hydrogens is 923 g/mol. The van der Waals surface area contributed by atoms with Gasteiger partial charge in [-0.25, -0.2) is 0 Å². The first kappa shape index (κ1) is 38.6. The average Bonchev–Trinajstić information content (AvgIpc) is 4.04. The average molecular weight is 966 g/mol. The first-order valence-corrected chi connectivity index (χ1v) is 20.9. The van der Waals surface area contributed by atoms with Crippen LogP contribution >= 0.6 is 0 Å². The normalized spacial score (nSPS) is 11.9. The van der Waals surface area contributed by atoms with Crippen LogP contribution < -0.4 is 0 Å². The van der Waals surface area contributed by atoms with Gasteiger partial charge in [-0.05, 0) is 58.7 Å². The van der Waals surface area contributed by atoms with Crippen molar-refractivity contribution in [1.82, 2.24) is 23.5 Å². The molecule has 12 aromatic rings. The minimum absolute atomic E-state index is 0. The van der Waals surface area contributed by atoms with Gasteiger partial charge in [0, 0.05) is 59.8 Å². The zero-order chi connectivity index (χ0) is 40.6. The molecule has 0 spiro atoms. The van der Waals surface area contributed by atoms with Gasteiger partial charge in [-0.15, -0.1) is 71.8 Å². The maximum absolute atomic E-state index is 5.02. The van der Waals surface area contributed by atoms with Crippen molar-refractivity contribution in [3.63, 3.8) is 0 Å². The second-order valence-electron chi connectivity index (χ2n) is 16.4. The van der Waals surface area contributed by atoms with Crippen LogP contribution in [0.15, 0.2) is 158 Å². The van der Waals surface area contributed by atoms with Gasteiger partial charge in [0.1, 0.15) is 0 Å². The summed E-state index contributed by atoms with van der Waals surface area (Å²) in [5.41, 5.74) is 14.1. The Morgan fingerprint density at radius 2 is 1.07 bits per heavy atom. The largest absolute Gasteiger partial charge is 0.366 e. The molecule has 4 heterocycles. The summed E-state index contributed by atoms with van der Waals surface area (Å²) < 4.78 is 7.01. The zero-order valence-electron chi connectivity index (χ0n) is 34.7. The molecule has 8 aromatic carbocycles. The number of benzene rings is 8. The standard InChI is InChI=1S/C30H18N3.C25H25N2.Ir/c1-32-29-23(31-30(32)19-8-3-2-4-9-19)16-14-18-15-17-25-27(26(18)29)22-12-7-11-21-20-10-5-6-13-24(20)33(25)28(21)22;1-17(2)20-13-10-14-21(18(3)4)24(20)27-23-16-9-8-15-22(23)26-25(27)19-11-6-5-7-12-19;/h2-8,10-17H,1H3;5-11,13-18H,1-4H3;/q2*-1;. The molecule has 0 N–H and O–H groups in total. The Hall–Kier alpha value is -6.59. The zero-order valence-corrected chi connectivity index (χ0v) is 37.1. The number of aryl methyl sites for hydroxylation is 1. The predicted molar refractivity (Wildman–Crippen MR) is 251 cm³/mol. The Balaban J connectivity index is 0.000000147. The third-order valence-corrected chi connectivity index (χ3v) is 12.2. The van der Waals surface area contributed by atoms with Crippen LogP contribution in [0.2, 0.25) is 0 Å². The van der Waals surface area contributed by atoms with Crippen molar-refractivity contribution in [2.24, 2.45) is 7.05 Å². The Morgan fingerprint density at radius 3 is 1.77 bits per heavy atom. The Bertz CT molecular complexity index is 3530. The fourth-order valence-corrected chi connectivity index (χ4v) is 9.54. The summed E-state index contributed by atoms with van der Waals surface area (Å²) in [4.78, 5) is 10.0. The van der Waals surface area contributed by atoms with Gasteiger partial charge in [0.15, 0.2) is 0 Å². The van der Waals surface area contributed by atoms with E-state index in [9.17, 15) is 0 Å². The van der Waals surface area contributed by atoms with E-state index in [0.29, 0.717) is 11.8 Å². The van der Waals surface area contributed by atoms with Crippen LogP contribution in [0.25, 0.3) is 99.4 Å². The smallest absolute Gasteiger partial charge is 0.0777 e. The van der Waals surface area contributed by atoms with E-state index in [2.05, 4.69) is 182 Å². The number of hydrogen-bond acceptors (Lipinski definition) is 2. The summed E-state index contributed by atoms with van der Waals surface area (Å²) in [7, 11) is 2.12. The number of fused-ring (bicyclic) bond motifs is 11. The number of rotatable bonds is 5. The number of para-hydroxylation sites is 5. The molecule has 5 nitrogen and oxygen atoms in total. The first-order valence-electron chi connectivity index (χ1n) is 20.9. The van der Waals surface area contributed by atoms with Crippen molar-refractivity contribution >= 4 is 70.9 Å². The molecule has 0 amide bonds. The maximum atomic E-state index is 5.02. The number of aromatic nitrogens is 5. The quantitative estimate of drug-likeness (QED) is 0.161. The fraction of sp³-hybridized carbons (Fsp3) is 0.127. The molecule has 6 heteroatoms. The van der Waals surface area contributed by atoms with Gasteiger partial charge in [0.25, 0.3) is 0 Å². The third kappa shape index (κ3) is 6.00. The van der Waals surface area contributed by atoms with Crippen LogP contribution in [0, 0.1) is 12.1 Å². The molecule has 0 saturated carbocycles. The van der Waals surface area contributed by atoms with Crippen molar-refractivity contribution in [3.8, 4) is 28.5 Å². The SMILES string of the molecule is CC(C)c1cccc(C(C)C)c1-n1c(-c2[c-]cccc2)nc2ccccc21.Cn1c(-c2[c-]cccc2)nc2ccc3ccc4c(c5cccc6c7ccccc7n4c65)c3c21.[Ir]. The van der Waals surface area contributed by atoms with Gasteiger partial charge in [-0.2, -0.15) is 0 Å². The molecule has 4 aromatic heterocycles. The summed E-state index contributed by atoms with van der Waals surface area (Å²) in [5, 5.41) is 7.72. The van der Waals surface area contributed by atoms with Crippen LogP contribution in [0.1, 0.15) is 50.7 Å². The molecule has 0 aliphatic rings. The van der Waals surface area contributed by atoms with Crippen molar-refractivity contribution in [2.75, 3.05) is 0 Å². The van der Waals surface area contributed by atoms with Crippen LogP contribution in [0.3, 0.4) is 0 Å². The van der Waals surface area contributed by atoms with Crippen LogP contribution in [-0.4, -0.2) is 23.5 Å². The molecule has 12 rings (SSSR count). The van der Waals surface area contributed by atoms with Crippen LogP contribution in [-0.2, 0) is 27.2 Å². The molecule has 0 fully saturated rings. The van der Waals surface area contributed by atoms with Crippen molar-refractivity contribution in [2.45, 2.75) is 39.5 Å². The van der Waals surface area contributed by atoms with Crippen molar-refractivity contribution < 1.29 is 20.1 Å². The Kier molecular flexibility index (Phi) is 9.59. The van der Waals surface area contributed by atoms with Gasteiger partial charge in [0.2, 0.25) is 0 Å². The van der Waals surface area contributed by atoms with Gasteiger partial charge >= 0.3 is 0 Å². The van der Waals surface area contributed by atoms with Crippen molar-refractivity contribution in [3.05, 3.63) is 181 Å². The third-order valence-electron chi connectivity index (χ3n) is 12.2. The van der Waals surface area contributed by atoms with Gasteiger partial charge in [0.05, 0.1) is 50.3 Å². The van der Waals surface area contributed by atoms with Gasteiger partial charge < -0.3 is 13.5 Å². The van der Waals surface area contributed by atoms with E-state index in [-0.39, 0.29) is 20.1 Å². The molecule has 0 aliphatic heterocycles. The summed E-state index contributed by atoms with van der Waals surface area (Å²) in [6.07, 6.45) is 0. The molecule has 0 unspecified atom stereocenters. The summed E-state index contributed by atoms with van der Waals surface area (Å²) >= 11 is 0. The van der Waals surface area contributed by atoms with E-state index in [1.807, 2.05) is 36.4 Å². The Morgan fingerprint density at radius 1 is 0.475 bits per heavy atom. The molecule has 299 valence electrons. The van der Waals surface area contributed by atoms with E-state index in [4.69, 9.17) is 9.97 Å². The summed E-state index contributed by atoms with van der Waals surface area (Å²) in [6, 6.07) is 62.2. The molecule has 61 heavy (non-hydrogen) atoms. The second-order valence-corrected chi connectivity index (χ2v) is 16.4. The summed E-state index contributed by atoms with van der Waals surface area (Å²) in [6.45, 7) is 9.04. The van der Waals surface area contributed by atoms with E-state index in [1.165, 1.54) is 71.2 Å². The van der Waals surface area contributed by atoms with Gasteiger partial charge in [-0.3, -0.25) is 9.97 Å². The minimum Gasteiger partial charge on any atom is -0.366 e. The molecule has 0 saturated heterocycles. The van der Waals surface area contributed by atoms with Crippen LogP contribution in [0.4, 0.5) is 0 Å². The Labute approximate surface area is 368 Å². The van der Waals surface area contributed by atoms with E-state index in [0.717, 1.165) is 39.3 Å². The second kappa shape index (κ2) is 15.1. The van der Waals surface area contributed by atoms with E-state index < -0.39 is 0 Å². The maximum Gasteiger partial charge on any atom is 0.0777 e. The minimum atomic E-state index is 0. The molecular formula is C55H43IrN5-2. The first-order chi connectivity index (χ1) is 29.4. The van der Waals surface area contributed by atoms with Crippen molar-refractivity contribution in [1.29, 1.82) is 0 Å². The molecule has 0 atom stereocenters. The number of nitrogens with zero attached hydrogens (tertiary/aromatic N) is 5. The number of hydrogen-bond donors (Lipinski definition) is 0. The van der Waals surface area contributed by atoms with Crippen LogP contribution in [0.5, 0.6) is 0 Å². The van der Waals surface area contributed by atoms with Gasteiger partial charge in [-0.1, -0.05) is 107 Å². The topological polar surface area (TPSA) is 40.0 Å². The number of imidazole rings is 2. The predicted octanol–water partition coefficient (Wildman–Crippen LogP) is 14.1. The van der Waals surface area contributed by atoms with E-state index in [1.54, 1.807) is 0 Å². The molecule has 0 bridgehead atoms. The molecule has 1 radical (unpaired) electrons. The van der Waals surface area contributed by atoms with E-state index >= 15 is 0 Å². The molecule has 0 aliphatic carbocycles. The monoisotopic (exact) mass is 966 g/mol.